The Kier molecular flexibility index (Phi) is 9.63. The van der Waals surface area contributed by atoms with Gasteiger partial charge in [-0.2, -0.15) is 11.8 Å². The first kappa shape index (κ1) is 27.9. The fourth-order valence-corrected chi connectivity index (χ4v) is 5.88. The van der Waals surface area contributed by atoms with Crippen LogP contribution in [0.25, 0.3) is 10.8 Å². The number of carbonyl (C=O) groups is 4. The fraction of sp³-hybridized carbons (Fsp3) is 0.500. The van der Waals surface area contributed by atoms with Crippen molar-refractivity contribution in [1.29, 1.82) is 0 Å². The van der Waals surface area contributed by atoms with Crippen molar-refractivity contribution in [2.24, 2.45) is 0 Å². The molecule has 4 rings (SSSR count). The molecule has 3 N–H and O–H groups in total. The third-order valence-electron chi connectivity index (χ3n) is 7.31. The Balaban J connectivity index is 1.52. The highest BCUT2D eigenvalue weighted by molar-refractivity contribution is 7.98. The Bertz CT molecular complexity index is 1170. The van der Waals surface area contributed by atoms with Crippen molar-refractivity contribution in [3.63, 3.8) is 0 Å². The Hall–Kier alpha value is -3.11. The van der Waals surface area contributed by atoms with Crippen LogP contribution < -0.4 is 10.6 Å². The second-order valence-electron chi connectivity index (χ2n) is 10.0. The molecule has 2 aliphatic rings. The van der Waals surface area contributed by atoms with Gasteiger partial charge in [0.15, 0.2) is 0 Å². The van der Waals surface area contributed by atoms with E-state index >= 15 is 0 Å². The van der Waals surface area contributed by atoms with Crippen LogP contribution in [-0.4, -0.2) is 88.4 Å². The van der Waals surface area contributed by atoms with Crippen LogP contribution in [0.4, 0.5) is 0 Å². The van der Waals surface area contributed by atoms with Gasteiger partial charge in [-0.3, -0.25) is 19.3 Å². The van der Waals surface area contributed by atoms with Crippen LogP contribution in [0, 0.1) is 0 Å². The summed E-state index contributed by atoms with van der Waals surface area (Å²) in [5.74, 6) is -0.913. The lowest BCUT2D eigenvalue weighted by molar-refractivity contribution is -0.142. The standard InChI is InChI=1S/C28H36N4O5S/c1-38-15-13-24(28(36)37)30-26(34)18-31(16-20-8-4-7-19-6-2-3-10-22(19)20)17-21-9-5-14-32(21)27(35)23-11-12-25(33)29-23/h2-4,6-8,10,21,23-24H,5,9,11-18H2,1H3,(H,29,33)(H,30,34)(H,36,37)/t21-,23-,24-/m0/s1. The maximum absolute atomic E-state index is 13.2. The van der Waals surface area contributed by atoms with E-state index in [-0.39, 0.29) is 30.3 Å². The van der Waals surface area contributed by atoms with E-state index in [0.717, 1.165) is 29.2 Å². The number of aliphatic carboxylic acids is 1. The molecule has 2 aromatic carbocycles. The van der Waals surface area contributed by atoms with Crippen LogP contribution in [0.15, 0.2) is 42.5 Å². The van der Waals surface area contributed by atoms with Crippen molar-refractivity contribution >= 4 is 46.2 Å². The summed E-state index contributed by atoms with van der Waals surface area (Å²) in [6, 6.07) is 12.6. The monoisotopic (exact) mass is 540 g/mol. The van der Waals surface area contributed by atoms with Gasteiger partial charge in [-0.25, -0.2) is 4.79 Å². The number of fused-ring (bicyclic) bond motifs is 1. The molecule has 204 valence electrons. The molecule has 0 saturated carbocycles. The van der Waals surface area contributed by atoms with Gasteiger partial charge < -0.3 is 20.6 Å². The van der Waals surface area contributed by atoms with Gasteiger partial charge in [0.1, 0.15) is 12.1 Å². The van der Waals surface area contributed by atoms with Crippen LogP contribution in [0.2, 0.25) is 0 Å². The summed E-state index contributed by atoms with van der Waals surface area (Å²) >= 11 is 1.54. The van der Waals surface area contributed by atoms with E-state index in [1.54, 1.807) is 0 Å². The van der Waals surface area contributed by atoms with Gasteiger partial charge in [0.2, 0.25) is 17.7 Å². The third-order valence-corrected chi connectivity index (χ3v) is 7.95. The number of amides is 3. The maximum Gasteiger partial charge on any atom is 0.326 e. The highest BCUT2D eigenvalue weighted by atomic mass is 32.2. The minimum Gasteiger partial charge on any atom is -0.480 e. The lowest BCUT2D eigenvalue weighted by atomic mass is 10.0. The van der Waals surface area contributed by atoms with Gasteiger partial charge in [-0.05, 0) is 54.0 Å². The highest BCUT2D eigenvalue weighted by Crippen LogP contribution is 2.24. The van der Waals surface area contributed by atoms with Gasteiger partial charge in [0.25, 0.3) is 0 Å². The Morgan fingerprint density at radius 1 is 1.18 bits per heavy atom. The molecular formula is C28H36N4O5S. The summed E-state index contributed by atoms with van der Waals surface area (Å²) < 4.78 is 0. The second kappa shape index (κ2) is 13.1. The second-order valence-corrected chi connectivity index (χ2v) is 11.0. The number of hydrogen-bond donors (Lipinski definition) is 3. The molecule has 2 fully saturated rings. The fourth-order valence-electron chi connectivity index (χ4n) is 5.41. The number of likely N-dealkylation sites (tertiary alicyclic amines) is 1. The zero-order valence-corrected chi connectivity index (χ0v) is 22.5. The number of nitrogens with zero attached hydrogens (tertiary/aromatic N) is 2. The van der Waals surface area contributed by atoms with E-state index in [4.69, 9.17) is 0 Å². The maximum atomic E-state index is 13.2. The molecule has 2 aromatic rings. The number of rotatable bonds is 12. The minimum atomic E-state index is -1.04. The molecular weight excluding hydrogens is 504 g/mol. The molecule has 0 unspecified atom stereocenters. The van der Waals surface area contributed by atoms with Crippen LogP contribution in [0.5, 0.6) is 0 Å². The largest absolute Gasteiger partial charge is 0.480 e. The lowest BCUT2D eigenvalue weighted by Gasteiger charge is -2.32. The predicted octanol–water partition coefficient (Wildman–Crippen LogP) is 2.23. The van der Waals surface area contributed by atoms with E-state index in [1.165, 1.54) is 11.8 Å². The van der Waals surface area contributed by atoms with Crippen LogP contribution in [-0.2, 0) is 25.7 Å². The normalized spacial score (nSPS) is 20.1. The number of benzene rings is 2. The summed E-state index contributed by atoms with van der Waals surface area (Å²) in [6.07, 6.45) is 4.80. The highest BCUT2D eigenvalue weighted by Gasteiger charge is 2.37. The van der Waals surface area contributed by atoms with Gasteiger partial charge >= 0.3 is 5.97 Å². The summed E-state index contributed by atoms with van der Waals surface area (Å²) in [5, 5.41) is 17.2. The SMILES string of the molecule is CSCC[C@H](NC(=O)CN(Cc1cccc2ccccc12)C[C@@H]1CCCN1C(=O)[C@@H]1CCC(=O)N1)C(=O)O. The summed E-state index contributed by atoms with van der Waals surface area (Å²) in [5.41, 5.74) is 1.06. The molecule has 2 heterocycles. The van der Waals surface area contributed by atoms with Gasteiger partial charge in [-0.15, -0.1) is 0 Å². The minimum absolute atomic E-state index is 0.0188. The zero-order chi connectivity index (χ0) is 27.1. The summed E-state index contributed by atoms with van der Waals surface area (Å²) in [7, 11) is 0. The number of carboxylic acids is 1. The molecule has 0 radical (unpaired) electrons. The van der Waals surface area contributed by atoms with Crippen molar-refractivity contribution in [2.45, 2.75) is 56.8 Å². The van der Waals surface area contributed by atoms with Gasteiger partial charge in [0, 0.05) is 32.1 Å². The van der Waals surface area contributed by atoms with Crippen molar-refractivity contribution in [3.05, 3.63) is 48.0 Å². The predicted molar refractivity (Wildman–Crippen MR) is 148 cm³/mol. The third kappa shape index (κ3) is 7.05. The molecule has 3 atom stereocenters. The number of thioether (sulfide) groups is 1. The van der Waals surface area contributed by atoms with E-state index < -0.39 is 18.1 Å². The molecule has 0 aliphatic carbocycles. The first-order chi connectivity index (χ1) is 18.4. The van der Waals surface area contributed by atoms with Crippen LogP contribution in [0.1, 0.15) is 37.7 Å². The summed E-state index contributed by atoms with van der Waals surface area (Å²) in [6.45, 7) is 1.60. The van der Waals surface area contributed by atoms with Gasteiger partial charge in [0.05, 0.1) is 6.54 Å². The van der Waals surface area contributed by atoms with Crippen LogP contribution >= 0.6 is 11.8 Å². The molecule has 0 bridgehead atoms. The first-order valence-corrected chi connectivity index (χ1v) is 14.5. The Morgan fingerprint density at radius 3 is 2.71 bits per heavy atom. The number of carbonyl (C=O) groups excluding carboxylic acids is 3. The van der Waals surface area contributed by atoms with E-state index in [0.29, 0.717) is 44.6 Å². The summed E-state index contributed by atoms with van der Waals surface area (Å²) in [4.78, 5) is 53.5. The molecule has 2 saturated heterocycles. The van der Waals surface area contributed by atoms with E-state index in [1.807, 2.05) is 52.5 Å². The quantitative estimate of drug-likeness (QED) is 0.378. The molecule has 0 aromatic heterocycles. The molecule has 38 heavy (non-hydrogen) atoms. The lowest BCUT2D eigenvalue weighted by Crippen LogP contribution is -2.51. The number of hydrogen-bond acceptors (Lipinski definition) is 6. The average molecular weight is 541 g/mol. The topological polar surface area (TPSA) is 119 Å². The van der Waals surface area contributed by atoms with Crippen LogP contribution in [0.3, 0.4) is 0 Å². The van der Waals surface area contributed by atoms with Crippen molar-refractivity contribution < 1.29 is 24.3 Å². The Morgan fingerprint density at radius 2 is 1.97 bits per heavy atom. The molecule has 10 heteroatoms. The van der Waals surface area contributed by atoms with Crippen molar-refractivity contribution in [1.82, 2.24) is 20.4 Å². The number of carboxylic acid groups (broad SMARTS) is 1. The molecule has 0 spiro atoms. The van der Waals surface area contributed by atoms with E-state index in [2.05, 4.69) is 16.7 Å². The van der Waals surface area contributed by atoms with Gasteiger partial charge in [-0.1, -0.05) is 42.5 Å². The zero-order valence-electron chi connectivity index (χ0n) is 21.7. The molecule has 3 amide bonds. The number of nitrogens with one attached hydrogen (secondary N) is 2. The molecule has 9 nitrogen and oxygen atoms in total. The first-order valence-electron chi connectivity index (χ1n) is 13.2. The van der Waals surface area contributed by atoms with Crippen molar-refractivity contribution in [3.8, 4) is 0 Å². The smallest absolute Gasteiger partial charge is 0.326 e. The van der Waals surface area contributed by atoms with Crippen molar-refractivity contribution in [2.75, 3.05) is 31.6 Å². The average Bonchev–Trinajstić information content (AvgIpc) is 3.55. The van der Waals surface area contributed by atoms with E-state index in [9.17, 15) is 24.3 Å². The molecule has 2 aliphatic heterocycles. The Labute approximate surface area is 227 Å².